The fraction of sp³-hybridized carbons (Fsp3) is 0.400. The predicted octanol–water partition coefficient (Wildman–Crippen LogP) is 2.54. The Hall–Kier alpha value is -0.540. The van der Waals surface area contributed by atoms with Crippen molar-refractivity contribution in [2.45, 2.75) is 19.4 Å². The van der Waals surface area contributed by atoms with Crippen LogP contribution in [0.2, 0.25) is 0 Å². The van der Waals surface area contributed by atoms with Crippen LogP contribution in [-0.2, 0) is 0 Å². The molecule has 0 aliphatic carbocycles. The quantitative estimate of drug-likeness (QED) is 0.758. The smallest absolute Gasteiger partial charge is 0.127 e. The molecule has 1 aromatic carbocycles. The van der Waals surface area contributed by atoms with E-state index in [9.17, 15) is 0 Å². The number of benzene rings is 1. The first-order valence-corrected chi connectivity index (χ1v) is 5.16. The zero-order chi connectivity index (χ0) is 9.42. The Morgan fingerprint density at radius 2 is 2.31 bits per heavy atom. The second kappa shape index (κ2) is 3.31. The molecule has 0 radical (unpaired) electrons. The van der Waals surface area contributed by atoms with Gasteiger partial charge in [-0.05, 0) is 24.6 Å². The SMILES string of the molecule is Cc1cc(Br)cc2c1OCCC2N. The summed E-state index contributed by atoms with van der Waals surface area (Å²) < 4.78 is 6.65. The topological polar surface area (TPSA) is 35.2 Å². The van der Waals surface area contributed by atoms with Crippen LogP contribution in [0, 0.1) is 6.92 Å². The van der Waals surface area contributed by atoms with E-state index in [1.165, 1.54) is 0 Å². The number of ether oxygens (including phenoxy) is 1. The van der Waals surface area contributed by atoms with Gasteiger partial charge in [-0.15, -0.1) is 0 Å². The van der Waals surface area contributed by atoms with Crippen LogP contribution in [0.25, 0.3) is 0 Å². The van der Waals surface area contributed by atoms with E-state index in [1.807, 2.05) is 13.0 Å². The van der Waals surface area contributed by atoms with Gasteiger partial charge >= 0.3 is 0 Å². The van der Waals surface area contributed by atoms with Crippen LogP contribution in [0.1, 0.15) is 23.6 Å². The number of nitrogens with two attached hydrogens (primary N) is 1. The van der Waals surface area contributed by atoms with Gasteiger partial charge in [-0.3, -0.25) is 0 Å². The molecular formula is C10H12BrNO. The van der Waals surface area contributed by atoms with Crippen molar-refractivity contribution in [1.82, 2.24) is 0 Å². The Labute approximate surface area is 86.2 Å². The lowest BCUT2D eigenvalue weighted by Gasteiger charge is -2.24. The molecule has 1 aliphatic heterocycles. The molecule has 2 rings (SSSR count). The number of halogens is 1. The largest absolute Gasteiger partial charge is 0.493 e. The number of hydrogen-bond acceptors (Lipinski definition) is 2. The van der Waals surface area contributed by atoms with Crippen LogP contribution >= 0.6 is 15.9 Å². The normalized spacial score (nSPS) is 20.7. The Morgan fingerprint density at radius 1 is 1.54 bits per heavy atom. The second-order valence-corrected chi connectivity index (χ2v) is 4.30. The standard InChI is InChI=1S/C10H12BrNO/c1-6-4-7(11)5-8-9(12)2-3-13-10(6)8/h4-5,9H,2-3,12H2,1H3. The minimum atomic E-state index is 0.125. The number of hydrogen-bond donors (Lipinski definition) is 1. The third-order valence-corrected chi connectivity index (χ3v) is 2.80. The molecule has 2 N–H and O–H groups in total. The van der Waals surface area contributed by atoms with Gasteiger partial charge in [0, 0.05) is 22.5 Å². The maximum absolute atomic E-state index is 5.98. The summed E-state index contributed by atoms with van der Waals surface area (Å²) in [7, 11) is 0. The molecule has 0 fully saturated rings. The van der Waals surface area contributed by atoms with Gasteiger partial charge in [-0.25, -0.2) is 0 Å². The molecule has 1 atom stereocenters. The van der Waals surface area contributed by atoms with Crippen molar-refractivity contribution in [3.63, 3.8) is 0 Å². The van der Waals surface area contributed by atoms with Gasteiger partial charge in [0.15, 0.2) is 0 Å². The average Bonchev–Trinajstić information content (AvgIpc) is 2.07. The molecule has 1 aromatic rings. The Bertz CT molecular complexity index is 338. The van der Waals surface area contributed by atoms with Crippen LogP contribution in [0.5, 0.6) is 5.75 Å². The van der Waals surface area contributed by atoms with Gasteiger partial charge in [-0.2, -0.15) is 0 Å². The van der Waals surface area contributed by atoms with E-state index < -0.39 is 0 Å². The summed E-state index contributed by atoms with van der Waals surface area (Å²) in [5.41, 5.74) is 8.26. The van der Waals surface area contributed by atoms with Crippen molar-refractivity contribution in [2.75, 3.05) is 6.61 Å². The second-order valence-electron chi connectivity index (χ2n) is 3.38. The van der Waals surface area contributed by atoms with Crippen molar-refractivity contribution in [2.24, 2.45) is 5.73 Å². The van der Waals surface area contributed by atoms with Crippen LogP contribution in [0.4, 0.5) is 0 Å². The fourth-order valence-corrected chi connectivity index (χ4v) is 2.26. The molecule has 2 nitrogen and oxygen atoms in total. The molecule has 0 saturated heterocycles. The highest BCUT2D eigenvalue weighted by Gasteiger charge is 2.19. The molecular weight excluding hydrogens is 230 g/mol. The highest BCUT2D eigenvalue weighted by atomic mass is 79.9. The van der Waals surface area contributed by atoms with Crippen molar-refractivity contribution >= 4 is 15.9 Å². The van der Waals surface area contributed by atoms with E-state index in [2.05, 4.69) is 22.0 Å². The molecule has 0 saturated carbocycles. The molecule has 1 aliphatic rings. The lowest BCUT2D eigenvalue weighted by Crippen LogP contribution is -2.21. The molecule has 70 valence electrons. The van der Waals surface area contributed by atoms with Gasteiger partial charge in [0.1, 0.15) is 5.75 Å². The average molecular weight is 242 g/mol. The molecule has 0 spiro atoms. The third kappa shape index (κ3) is 1.58. The van der Waals surface area contributed by atoms with Gasteiger partial charge in [-0.1, -0.05) is 15.9 Å². The first kappa shape index (κ1) is 9.03. The summed E-state index contributed by atoms with van der Waals surface area (Å²) in [6.07, 6.45) is 0.906. The van der Waals surface area contributed by atoms with E-state index in [4.69, 9.17) is 10.5 Å². The van der Waals surface area contributed by atoms with Crippen LogP contribution < -0.4 is 10.5 Å². The van der Waals surface area contributed by atoms with Crippen LogP contribution in [0.3, 0.4) is 0 Å². The molecule has 0 amide bonds. The Balaban J connectivity index is 2.56. The van der Waals surface area contributed by atoms with Gasteiger partial charge < -0.3 is 10.5 Å². The molecule has 1 heterocycles. The fourth-order valence-electron chi connectivity index (χ4n) is 1.67. The number of aryl methyl sites for hydroxylation is 1. The van der Waals surface area contributed by atoms with E-state index >= 15 is 0 Å². The maximum atomic E-state index is 5.98. The Kier molecular flexibility index (Phi) is 2.30. The van der Waals surface area contributed by atoms with Crippen LogP contribution in [-0.4, -0.2) is 6.61 Å². The van der Waals surface area contributed by atoms with Crippen molar-refractivity contribution in [3.8, 4) is 5.75 Å². The molecule has 0 aromatic heterocycles. The lowest BCUT2D eigenvalue weighted by molar-refractivity contribution is 0.267. The zero-order valence-corrected chi connectivity index (χ0v) is 9.10. The highest BCUT2D eigenvalue weighted by molar-refractivity contribution is 9.10. The summed E-state index contributed by atoms with van der Waals surface area (Å²) in [4.78, 5) is 0. The monoisotopic (exact) mass is 241 g/mol. The third-order valence-electron chi connectivity index (χ3n) is 2.34. The van der Waals surface area contributed by atoms with Crippen LogP contribution in [0.15, 0.2) is 16.6 Å². The summed E-state index contributed by atoms with van der Waals surface area (Å²) in [6.45, 7) is 2.78. The van der Waals surface area contributed by atoms with Crippen molar-refractivity contribution < 1.29 is 4.74 Å². The summed E-state index contributed by atoms with van der Waals surface area (Å²) in [5.74, 6) is 0.974. The summed E-state index contributed by atoms with van der Waals surface area (Å²) in [5, 5.41) is 0. The summed E-state index contributed by atoms with van der Waals surface area (Å²) in [6, 6.07) is 4.23. The predicted molar refractivity (Wildman–Crippen MR) is 55.9 cm³/mol. The van der Waals surface area contributed by atoms with Gasteiger partial charge in [0.2, 0.25) is 0 Å². The lowest BCUT2D eigenvalue weighted by atomic mass is 9.99. The molecule has 1 unspecified atom stereocenters. The first-order chi connectivity index (χ1) is 6.18. The van der Waals surface area contributed by atoms with Gasteiger partial charge in [0.05, 0.1) is 6.61 Å². The Morgan fingerprint density at radius 3 is 3.08 bits per heavy atom. The molecule has 13 heavy (non-hydrogen) atoms. The van der Waals surface area contributed by atoms with E-state index in [0.29, 0.717) is 0 Å². The zero-order valence-electron chi connectivity index (χ0n) is 7.51. The maximum Gasteiger partial charge on any atom is 0.127 e. The van der Waals surface area contributed by atoms with Crippen molar-refractivity contribution in [1.29, 1.82) is 0 Å². The molecule has 0 bridgehead atoms. The number of rotatable bonds is 0. The van der Waals surface area contributed by atoms with E-state index in [0.717, 1.165) is 34.4 Å². The van der Waals surface area contributed by atoms with Gasteiger partial charge in [0.25, 0.3) is 0 Å². The minimum Gasteiger partial charge on any atom is -0.493 e. The van der Waals surface area contributed by atoms with Crippen molar-refractivity contribution in [3.05, 3.63) is 27.7 Å². The highest BCUT2D eigenvalue weighted by Crippen LogP contribution is 2.35. The summed E-state index contributed by atoms with van der Waals surface area (Å²) >= 11 is 3.46. The molecule has 3 heteroatoms. The first-order valence-electron chi connectivity index (χ1n) is 4.37. The minimum absolute atomic E-state index is 0.125. The number of fused-ring (bicyclic) bond motifs is 1. The van der Waals surface area contributed by atoms with E-state index in [1.54, 1.807) is 0 Å². The van der Waals surface area contributed by atoms with E-state index in [-0.39, 0.29) is 6.04 Å².